The van der Waals surface area contributed by atoms with E-state index < -0.39 is 12.0 Å². The highest BCUT2D eigenvalue weighted by molar-refractivity contribution is 6.30. The molecule has 0 fully saturated rings. The van der Waals surface area contributed by atoms with Crippen LogP contribution in [0.5, 0.6) is 0 Å². The monoisotopic (exact) mass is 351 g/mol. The van der Waals surface area contributed by atoms with Gasteiger partial charge in [0.05, 0.1) is 13.0 Å². The first-order chi connectivity index (χ1) is 11.5. The maximum absolute atomic E-state index is 11.8. The smallest absolute Gasteiger partial charge is 0.306 e. The van der Waals surface area contributed by atoms with E-state index in [-0.39, 0.29) is 24.6 Å². The number of nitrogens with one attached hydrogen (secondary N) is 1. The largest absolute Gasteiger partial charge is 0.466 e. The molecule has 0 bridgehead atoms. The van der Waals surface area contributed by atoms with Crippen molar-refractivity contribution in [1.82, 2.24) is 15.5 Å². The van der Waals surface area contributed by atoms with Crippen LogP contribution in [0.25, 0.3) is 11.4 Å². The third-order valence-electron chi connectivity index (χ3n) is 3.13. The van der Waals surface area contributed by atoms with Gasteiger partial charge in [0, 0.05) is 17.0 Å². The SMILES string of the molecule is CCOC(=O)CCC(=O)NC(C)c1nc(-c2cccc(Cl)c2)no1. The Morgan fingerprint density at radius 2 is 2.17 bits per heavy atom. The van der Waals surface area contributed by atoms with E-state index in [9.17, 15) is 9.59 Å². The molecule has 8 heteroatoms. The number of benzene rings is 1. The van der Waals surface area contributed by atoms with Crippen molar-refractivity contribution in [3.05, 3.63) is 35.2 Å². The summed E-state index contributed by atoms with van der Waals surface area (Å²) in [6.07, 6.45) is 0.0719. The van der Waals surface area contributed by atoms with Crippen LogP contribution in [0.2, 0.25) is 5.02 Å². The highest BCUT2D eigenvalue weighted by atomic mass is 35.5. The second kappa shape index (κ2) is 8.44. The Kier molecular flexibility index (Phi) is 6.31. The average molecular weight is 352 g/mol. The predicted octanol–water partition coefficient (Wildman–Crippen LogP) is 2.91. The molecule has 7 nitrogen and oxygen atoms in total. The summed E-state index contributed by atoms with van der Waals surface area (Å²) >= 11 is 5.93. The zero-order valence-electron chi connectivity index (χ0n) is 13.4. The molecule has 1 atom stereocenters. The molecule has 0 radical (unpaired) electrons. The van der Waals surface area contributed by atoms with Crippen LogP contribution in [-0.2, 0) is 14.3 Å². The van der Waals surface area contributed by atoms with Gasteiger partial charge in [0.15, 0.2) is 0 Å². The number of hydrogen-bond acceptors (Lipinski definition) is 6. The van der Waals surface area contributed by atoms with Crippen molar-refractivity contribution >= 4 is 23.5 Å². The fourth-order valence-corrected chi connectivity index (χ4v) is 2.17. The average Bonchev–Trinajstić information content (AvgIpc) is 3.03. The number of ether oxygens (including phenoxy) is 1. The molecule has 0 aliphatic rings. The fourth-order valence-electron chi connectivity index (χ4n) is 1.98. The number of carbonyl (C=O) groups excluding carboxylic acids is 2. The number of halogens is 1. The number of carbonyl (C=O) groups is 2. The van der Waals surface area contributed by atoms with E-state index in [0.717, 1.165) is 5.56 Å². The predicted molar refractivity (Wildman–Crippen MR) is 87.2 cm³/mol. The normalized spacial score (nSPS) is 11.8. The van der Waals surface area contributed by atoms with Gasteiger partial charge in [0.25, 0.3) is 0 Å². The fraction of sp³-hybridized carbons (Fsp3) is 0.375. The standard InChI is InChI=1S/C16H18ClN3O4/c1-3-23-14(22)8-7-13(21)18-10(2)16-19-15(20-24-16)11-5-4-6-12(17)9-11/h4-6,9-10H,3,7-8H2,1-2H3,(H,18,21). The molecule has 0 aliphatic carbocycles. The van der Waals surface area contributed by atoms with Crippen molar-refractivity contribution in [3.8, 4) is 11.4 Å². The van der Waals surface area contributed by atoms with Crippen molar-refractivity contribution in [2.24, 2.45) is 0 Å². The molecular formula is C16H18ClN3O4. The molecule has 1 N–H and O–H groups in total. The van der Waals surface area contributed by atoms with Crippen LogP contribution in [-0.4, -0.2) is 28.6 Å². The summed E-state index contributed by atoms with van der Waals surface area (Å²) < 4.78 is 9.95. The quantitative estimate of drug-likeness (QED) is 0.771. The summed E-state index contributed by atoms with van der Waals surface area (Å²) in [5, 5.41) is 7.15. The van der Waals surface area contributed by atoms with Crippen molar-refractivity contribution in [1.29, 1.82) is 0 Å². The van der Waals surface area contributed by atoms with Gasteiger partial charge in [-0.2, -0.15) is 4.98 Å². The molecule has 0 saturated carbocycles. The van der Waals surface area contributed by atoms with E-state index in [4.69, 9.17) is 20.9 Å². The second-order valence-electron chi connectivity index (χ2n) is 5.06. The van der Waals surface area contributed by atoms with Gasteiger partial charge in [0.1, 0.15) is 6.04 Å². The van der Waals surface area contributed by atoms with Crippen LogP contribution in [0.3, 0.4) is 0 Å². The number of nitrogens with zero attached hydrogens (tertiary/aromatic N) is 2. The number of rotatable bonds is 7. The highest BCUT2D eigenvalue weighted by Crippen LogP contribution is 2.21. The molecule has 1 heterocycles. The van der Waals surface area contributed by atoms with E-state index in [2.05, 4.69) is 15.5 Å². The van der Waals surface area contributed by atoms with Gasteiger partial charge in [-0.1, -0.05) is 28.9 Å². The second-order valence-corrected chi connectivity index (χ2v) is 5.50. The number of aromatic nitrogens is 2. The van der Waals surface area contributed by atoms with Crippen LogP contribution in [0.15, 0.2) is 28.8 Å². The number of amides is 1. The van der Waals surface area contributed by atoms with Gasteiger partial charge >= 0.3 is 5.97 Å². The molecular weight excluding hydrogens is 334 g/mol. The summed E-state index contributed by atoms with van der Waals surface area (Å²) in [6, 6.07) is 6.59. The van der Waals surface area contributed by atoms with E-state index in [0.29, 0.717) is 17.5 Å². The maximum Gasteiger partial charge on any atom is 0.306 e. The van der Waals surface area contributed by atoms with E-state index in [1.54, 1.807) is 32.0 Å². The van der Waals surface area contributed by atoms with E-state index in [1.807, 2.05) is 6.07 Å². The molecule has 2 rings (SSSR count). The Morgan fingerprint density at radius 3 is 2.88 bits per heavy atom. The summed E-state index contributed by atoms with van der Waals surface area (Å²) in [7, 11) is 0. The van der Waals surface area contributed by atoms with Crippen LogP contribution in [0.4, 0.5) is 0 Å². The molecule has 1 aromatic carbocycles. The van der Waals surface area contributed by atoms with E-state index >= 15 is 0 Å². The van der Waals surface area contributed by atoms with Gasteiger partial charge in [0.2, 0.25) is 17.6 Å². The summed E-state index contributed by atoms with van der Waals surface area (Å²) in [4.78, 5) is 27.3. The lowest BCUT2D eigenvalue weighted by Crippen LogP contribution is -2.27. The molecule has 1 amide bonds. The molecule has 0 aliphatic heterocycles. The summed E-state index contributed by atoms with van der Waals surface area (Å²) in [6.45, 7) is 3.73. The summed E-state index contributed by atoms with van der Waals surface area (Å²) in [5.74, 6) is -0.0334. The Morgan fingerprint density at radius 1 is 1.38 bits per heavy atom. The van der Waals surface area contributed by atoms with Gasteiger partial charge in [-0.05, 0) is 26.0 Å². The zero-order chi connectivity index (χ0) is 17.5. The first-order valence-corrected chi connectivity index (χ1v) is 7.92. The van der Waals surface area contributed by atoms with Crippen molar-refractivity contribution < 1.29 is 18.8 Å². The molecule has 24 heavy (non-hydrogen) atoms. The van der Waals surface area contributed by atoms with Crippen LogP contribution < -0.4 is 5.32 Å². The minimum Gasteiger partial charge on any atom is -0.466 e. The lowest BCUT2D eigenvalue weighted by Gasteiger charge is -2.09. The van der Waals surface area contributed by atoms with Gasteiger partial charge in [-0.15, -0.1) is 0 Å². The molecule has 1 unspecified atom stereocenters. The van der Waals surface area contributed by atoms with E-state index in [1.165, 1.54) is 0 Å². The molecule has 1 aromatic heterocycles. The molecule has 0 spiro atoms. The Bertz CT molecular complexity index is 717. The topological polar surface area (TPSA) is 94.3 Å². The van der Waals surface area contributed by atoms with Crippen LogP contribution >= 0.6 is 11.6 Å². The van der Waals surface area contributed by atoms with Crippen molar-refractivity contribution in [3.63, 3.8) is 0 Å². The van der Waals surface area contributed by atoms with Crippen molar-refractivity contribution in [2.75, 3.05) is 6.61 Å². The Hall–Kier alpha value is -2.41. The van der Waals surface area contributed by atoms with Crippen LogP contribution in [0, 0.1) is 0 Å². The highest BCUT2D eigenvalue weighted by Gasteiger charge is 2.18. The lowest BCUT2D eigenvalue weighted by atomic mass is 10.2. The van der Waals surface area contributed by atoms with Gasteiger partial charge in [-0.25, -0.2) is 0 Å². The summed E-state index contributed by atoms with van der Waals surface area (Å²) in [5.41, 5.74) is 0.721. The number of esters is 1. The minimum atomic E-state index is -0.472. The third kappa shape index (κ3) is 5.06. The first-order valence-electron chi connectivity index (χ1n) is 7.54. The molecule has 0 saturated heterocycles. The third-order valence-corrected chi connectivity index (χ3v) is 3.37. The number of hydrogen-bond donors (Lipinski definition) is 1. The lowest BCUT2D eigenvalue weighted by molar-refractivity contribution is -0.144. The maximum atomic E-state index is 11.8. The van der Waals surface area contributed by atoms with Gasteiger partial charge < -0.3 is 14.6 Å². The Balaban J connectivity index is 1.92. The zero-order valence-corrected chi connectivity index (χ0v) is 14.2. The van der Waals surface area contributed by atoms with Crippen molar-refractivity contribution in [2.45, 2.75) is 32.7 Å². The van der Waals surface area contributed by atoms with Crippen LogP contribution in [0.1, 0.15) is 38.6 Å². The Labute approximate surface area is 144 Å². The molecule has 2 aromatic rings. The van der Waals surface area contributed by atoms with Gasteiger partial charge in [-0.3, -0.25) is 9.59 Å². The molecule has 128 valence electrons. The minimum absolute atomic E-state index is 0.0317. The first kappa shape index (κ1) is 17.9.